The lowest BCUT2D eigenvalue weighted by Crippen LogP contribution is -2.41. The molecule has 0 saturated heterocycles. The zero-order valence-electron chi connectivity index (χ0n) is 13.1. The molecule has 2 N–H and O–H groups in total. The Bertz CT molecular complexity index is 561. The van der Waals surface area contributed by atoms with Gasteiger partial charge in [0.05, 0.1) is 6.54 Å². The first-order valence-corrected chi connectivity index (χ1v) is 7.22. The van der Waals surface area contributed by atoms with E-state index in [1.54, 1.807) is 11.8 Å². The summed E-state index contributed by atoms with van der Waals surface area (Å²) in [6.07, 6.45) is 0.832. The van der Waals surface area contributed by atoms with Crippen LogP contribution >= 0.6 is 0 Å². The van der Waals surface area contributed by atoms with Crippen molar-refractivity contribution in [1.29, 1.82) is 0 Å². The van der Waals surface area contributed by atoms with E-state index in [2.05, 4.69) is 10.6 Å². The van der Waals surface area contributed by atoms with E-state index in [1.807, 2.05) is 39.0 Å². The normalized spacial score (nSPS) is 14.0. The number of anilines is 2. The second-order valence-electron chi connectivity index (χ2n) is 6.42. The van der Waals surface area contributed by atoms with Crippen LogP contribution in [-0.2, 0) is 16.0 Å². The number of nitrogens with one attached hydrogen (secondary N) is 2. The van der Waals surface area contributed by atoms with E-state index in [0.717, 1.165) is 23.4 Å². The topological polar surface area (TPSA) is 61.4 Å². The number of fused-ring (bicyclic) bond motifs is 1. The maximum absolute atomic E-state index is 11.9. The smallest absolute Gasteiger partial charge is 0.238 e. The van der Waals surface area contributed by atoms with Gasteiger partial charge in [0, 0.05) is 30.4 Å². The molecule has 1 aliphatic heterocycles. The Hall–Kier alpha value is -1.88. The molecule has 5 nitrogen and oxygen atoms in total. The highest BCUT2D eigenvalue weighted by atomic mass is 16.2. The summed E-state index contributed by atoms with van der Waals surface area (Å²) in [6.45, 7) is 8.63. The minimum Gasteiger partial charge on any atom is -0.325 e. The van der Waals surface area contributed by atoms with Crippen LogP contribution in [0.2, 0.25) is 0 Å². The molecule has 2 amide bonds. The maximum Gasteiger partial charge on any atom is 0.238 e. The van der Waals surface area contributed by atoms with Crippen LogP contribution in [0.15, 0.2) is 18.2 Å². The van der Waals surface area contributed by atoms with Crippen molar-refractivity contribution in [2.45, 2.75) is 39.7 Å². The molecular formula is C16H23N3O2. The van der Waals surface area contributed by atoms with Crippen LogP contribution in [0.4, 0.5) is 11.4 Å². The second kappa shape index (κ2) is 5.85. The van der Waals surface area contributed by atoms with Crippen molar-refractivity contribution in [3.05, 3.63) is 23.8 Å². The monoisotopic (exact) mass is 289 g/mol. The van der Waals surface area contributed by atoms with Gasteiger partial charge in [-0.2, -0.15) is 0 Å². The van der Waals surface area contributed by atoms with Crippen LogP contribution in [0.5, 0.6) is 0 Å². The van der Waals surface area contributed by atoms with Crippen molar-refractivity contribution in [2.24, 2.45) is 0 Å². The van der Waals surface area contributed by atoms with Gasteiger partial charge < -0.3 is 15.5 Å². The Morgan fingerprint density at radius 2 is 2.00 bits per heavy atom. The van der Waals surface area contributed by atoms with Gasteiger partial charge in [-0.25, -0.2) is 0 Å². The molecule has 1 aromatic rings. The molecule has 0 atom stereocenters. The highest BCUT2D eigenvalue weighted by molar-refractivity contribution is 5.96. The third-order valence-electron chi connectivity index (χ3n) is 3.42. The van der Waals surface area contributed by atoms with Gasteiger partial charge >= 0.3 is 0 Å². The maximum atomic E-state index is 11.9. The Balaban J connectivity index is 2.00. The van der Waals surface area contributed by atoms with Crippen molar-refractivity contribution in [3.63, 3.8) is 0 Å². The number of hydrogen-bond donors (Lipinski definition) is 2. The zero-order chi connectivity index (χ0) is 15.6. The summed E-state index contributed by atoms with van der Waals surface area (Å²) in [4.78, 5) is 25.2. The predicted molar refractivity (Wildman–Crippen MR) is 84.6 cm³/mol. The molecule has 21 heavy (non-hydrogen) atoms. The number of benzene rings is 1. The molecule has 2 rings (SSSR count). The molecule has 114 valence electrons. The lowest BCUT2D eigenvalue weighted by Gasteiger charge is -2.20. The van der Waals surface area contributed by atoms with E-state index >= 15 is 0 Å². The Morgan fingerprint density at radius 3 is 2.62 bits per heavy atom. The van der Waals surface area contributed by atoms with Crippen LogP contribution in [-0.4, -0.2) is 30.4 Å². The van der Waals surface area contributed by atoms with Gasteiger partial charge in [-0.3, -0.25) is 9.59 Å². The first kappa shape index (κ1) is 15.5. The molecule has 5 heteroatoms. The Morgan fingerprint density at radius 1 is 1.29 bits per heavy atom. The Labute approximate surface area is 125 Å². The molecule has 0 bridgehead atoms. The van der Waals surface area contributed by atoms with Gasteiger partial charge in [-0.1, -0.05) is 0 Å². The van der Waals surface area contributed by atoms with Crippen LogP contribution in [0.1, 0.15) is 33.3 Å². The van der Waals surface area contributed by atoms with Gasteiger partial charge in [0.15, 0.2) is 0 Å². The largest absolute Gasteiger partial charge is 0.325 e. The minimum absolute atomic E-state index is 0.0555. The molecule has 0 aromatic heterocycles. The summed E-state index contributed by atoms with van der Waals surface area (Å²) in [5, 5.41) is 6.03. The third-order valence-corrected chi connectivity index (χ3v) is 3.42. The van der Waals surface area contributed by atoms with E-state index in [9.17, 15) is 9.59 Å². The van der Waals surface area contributed by atoms with Gasteiger partial charge in [-0.05, 0) is 51.0 Å². The lowest BCUT2D eigenvalue weighted by atomic mass is 10.1. The van der Waals surface area contributed by atoms with E-state index in [4.69, 9.17) is 0 Å². The highest BCUT2D eigenvalue weighted by Gasteiger charge is 2.22. The summed E-state index contributed by atoms with van der Waals surface area (Å²) < 4.78 is 0. The number of hydrogen-bond acceptors (Lipinski definition) is 3. The fourth-order valence-corrected chi connectivity index (χ4v) is 2.36. The van der Waals surface area contributed by atoms with Gasteiger partial charge in [0.1, 0.15) is 0 Å². The fourth-order valence-electron chi connectivity index (χ4n) is 2.36. The molecule has 1 aromatic carbocycles. The average molecular weight is 289 g/mol. The molecular weight excluding hydrogens is 266 g/mol. The first-order chi connectivity index (χ1) is 9.76. The van der Waals surface area contributed by atoms with Crippen molar-refractivity contribution < 1.29 is 9.59 Å². The van der Waals surface area contributed by atoms with Crippen LogP contribution in [0.3, 0.4) is 0 Å². The van der Waals surface area contributed by atoms with E-state index in [1.165, 1.54) is 0 Å². The Kier molecular flexibility index (Phi) is 4.32. The zero-order valence-corrected chi connectivity index (χ0v) is 13.1. The van der Waals surface area contributed by atoms with Crippen LogP contribution in [0.25, 0.3) is 0 Å². The van der Waals surface area contributed by atoms with Crippen molar-refractivity contribution in [1.82, 2.24) is 5.32 Å². The van der Waals surface area contributed by atoms with Crippen molar-refractivity contribution >= 4 is 23.2 Å². The molecule has 0 radical (unpaired) electrons. The number of amides is 2. The number of carbonyl (C=O) groups is 2. The molecule has 0 unspecified atom stereocenters. The average Bonchev–Trinajstić information content (AvgIpc) is 2.78. The predicted octanol–water partition coefficient (Wildman–Crippen LogP) is 1.92. The third kappa shape index (κ3) is 4.04. The lowest BCUT2D eigenvalue weighted by molar-refractivity contribution is -0.117. The molecule has 0 saturated carbocycles. The van der Waals surface area contributed by atoms with Crippen LogP contribution in [0, 0.1) is 0 Å². The van der Waals surface area contributed by atoms with Crippen molar-refractivity contribution in [3.8, 4) is 0 Å². The SMILES string of the molecule is CC(=O)N1CCc2cc(NC(=O)CNC(C)(C)C)ccc21. The highest BCUT2D eigenvalue weighted by Crippen LogP contribution is 2.30. The quantitative estimate of drug-likeness (QED) is 0.893. The van der Waals surface area contributed by atoms with E-state index < -0.39 is 0 Å². The van der Waals surface area contributed by atoms with Gasteiger partial charge in [0.25, 0.3) is 0 Å². The van der Waals surface area contributed by atoms with Crippen molar-refractivity contribution in [2.75, 3.05) is 23.3 Å². The summed E-state index contributed by atoms with van der Waals surface area (Å²) in [5.41, 5.74) is 2.75. The standard InChI is InChI=1S/C16H23N3O2/c1-11(20)19-8-7-12-9-13(5-6-14(12)19)18-15(21)10-17-16(2,3)4/h5-6,9,17H,7-8,10H2,1-4H3,(H,18,21). The molecule has 1 aliphatic rings. The number of nitrogens with zero attached hydrogens (tertiary/aromatic N) is 1. The number of rotatable bonds is 3. The summed E-state index contributed by atoms with van der Waals surface area (Å²) in [7, 11) is 0. The number of carbonyl (C=O) groups excluding carboxylic acids is 2. The summed E-state index contributed by atoms with van der Waals surface area (Å²) >= 11 is 0. The minimum atomic E-state index is -0.0860. The second-order valence-corrected chi connectivity index (χ2v) is 6.42. The molecule has 0 fully saturated rings. The molecule has 0 aliphatic carbocycles. The fraction of sp³-hybridized carbons (Fsp3) is 0.500. The van der Waals surface area contributed by atoms with Crippen LogP contribution < -0.4 is 15.5 Å². The van der Waals surface area contributed by atoms with E-state index in [0.29, 0.717) is 6.54 Å². The van der Waals surface area contributed by atoms with Gasteiger partial charge in [-0.15, -0.1) is 0 Å². The first-order valence-electron chi connectivity index (χ1n) is 7.22. The molecule has 1 heterocycles. The van der Waals surface area contributed by atoms with E-state index in [-0.39, 0.29) is 23.9 Å². The summed E-state index contributed by atoms with van der Waals surface area (Å²) in [5.74, 6) is -0.00814. The van der Waals surface area contributed by atoms with Gasteiger partial charge in [0.2, 0.25) is 11.8 Å². The summed E-state index contributed by atoms with van der Waals surface area (Å²) in [6, 6.07) is 5.69. The molecule has 0 spiro atoms.